The Hall–Kier alpha value is -1.64. The lowest BCUT2D eigenvalue weighted by Crippen LogP contribution is -2.09. The van der Waals surface area contributed by atoms with Crippen LogP contribution in [0.15, 0.2) is 21.9 Å². The van der Waals surface area contributed by atoms with Gasteiger partial charge in [-0.15, -0.1) is 0 Å². The number of unbranched alkanes of at least 4 members (excludes halogenated alkanes) is 1. The quantitative estimate of drug-likeness (QED) is 0.587. The zero-order chi connectivity index (χ0) is 16.2. The van der Waals surface area contributed by atoms with E-state index in [1.54, 1.807) is 6.92 Å². The fourth-order valence-electron chi connectivity index (χ4n) is 1.63. The second kappa shape index (κ2) is 7.08. The molecule has 0 aliphatic heterocycles. The minimum Gasteiger partial charge on any atom is -0.338 e. The molecule has 2 heterocycles. The summed E-state index contributed by atoms with van der Waals surface area (Å²) in [5, 5.41) is 3.55. The number of alkyl halides is 3. The molecule has 0 radical (unpaired) electrons. The van der Waals surface area contributed by atoms with Crippen LogP contribution in [0.2, 0.25) is 0 Å². The van der Waals surface area contributed by atoms with Crippen molar-refractivity contribution in [1.29, 1.82) is 0 Å². The molecule has 0 amide bonds. The maximum absolute atomic E-state index is 12.6. The van der Waals surface area contributed by atoms with E-state index in [1.165, 1.54) is 0 Å². The average molecular weight is 332 g/mol. The van der Waals surface area contributed by atoms with Crippen molar-refractivity contribution < 1.29 is 17.7 Å². The molecule has 0 fully saturated rings. The molecule has 1 atom stereocenters. The van der Waals surface area contributed by atoms with Gasteiger partial charge in [-0.05, 0) is 19.4 Å². The van der Waals surface area contributed by atoms with E-state index in [9.17, 15) is 13.2 Å². The number of thioether (sulfide) groups is 1. The molecule has 1 unspecified atom stereocenters. The maximum atomic E-state index is 12.6. The van der Waals surface area contributed by atoms with Gasteiger partial charge in [-0.1, -0.05) is 30.3 Å². The summed E-state index contributed by atoms with van der Waals surface area (Å²) in [6, 6.07) is 0.838. The first-order valence-electron chi connectivity index (χ1n) is 6.79. The van der Waals surface area contributed by atoms with E-state index in [4.69, 9.17) is 4.52 Å². The normalized spacial score (nSPS) is 13.3. The Morgan fingerprint density at radius 3 is 2.77 bits per heavy atom. The van der Waals surface area contributed by atoms with Gasteiger partial charge in [0.15, 0.2) is 11.0 Å². The van der Waals surface area contributed by atoms with Crippen LogP contribution in [-0.4, -0.2) is 20.1 Å². The van der Waals surface area contributed by atoms with Crippen molar-refractivity contribution in [3.63, 3.8) is 0 Å². The smallest absolute Gasteiger partial charge is 0.338 e. The van der Waals surface area contributed by atoms with Crippen molar-refractivity contribution in [3.05, 3.63) is 29.7 Å². The zero-order valence-electron chi connectivity index (χ0n) is 12.1. The summed E-state index contributed by atoms with van der Waals surface area (Å²) in [5.41, 5.74) is -0.966. The highest BCUT2D eigenvalue weighted by atomic mass is 32.2. The lowest BCUT2D eigenvalue weighted by molar-refractivity contribution is -0.141. The first kappa shape index (κ1) is 16.7. The van der Waals surface area contributed by atoms with Crippen LogP contribution in [0.25, 0.3) is 0 Å². The molecule has 0 saturated heterocycles. The Kier molecular flexibility index (Phi) is 5.38. The van der Waals surface area contributed by atoms with Gasteiger partial charge >= 0.3 is 6.18 Å². The van der Waals surface area contributed by atoms with Crippen molar-refractivity contribution in [1.82, 2.24) is 20.1 Å². The summed E-state index contributed by atoms with van der Waals surface area (Å²) < 4.78 is 43.0. The number of halogens is 3. The van der Waals surface area contributed by atoms with Crippen LogP contribution in [0.3, 0.4) is 0 Å². The van der Waals surface area contributed by atoms with Gasteiger partial charge < -0.3 is 4.52 Å². The second-order valence-electron chi connectivity index (χ2n) is 4.63. The summed E-state index contributed by atoms with van der Waals surface area (Å²) in [7, 11) is 0. The van der Waals surface area contributed by atoms with Gasteiger partial charge in [0.05, 0.1) is 5.25 Å². The average Bonchev–Trinajstić information content (AvgIpc) is 2.93. The number of nitrogens with zero attached hydrogens (tertiary/aromatic N) is 4. The van der Waals surface area contributed by atoms with E-state index in [0.29, 0.717) is 11.7 Å². The first-order valence-corrected chi connectivity index (χ1v) is 7.67. The fourth-order valence-corrected chi connectivity index (χ4v) is 2.42. The van der Waals surface area contributed by atoms with E-state index in [2.05, 4.69) is 27.0 Å². The largest absolute Gasteiger partial charge is 0.433 e. The van der Waals surface area contributed by atoms with Crippen LogP contribution in [0.4, 0.5) is 13.2 Å². The van der Waals surface area contributed by atoms with Gasteiger partial charge in [0, 0.05) is 12.6 Å². The van der Waals surface area contributed by atoms with E-state index >= 15 is 0 Å². The topological polar surface area (TPSA) is 64.7 Å². The summed E-state index contributed by atoms with van der Waals surface area (Å²) in [4.78, 5) is 11.6. The molecule has 2 aromatic heterocycles. The molecule has 0 bridgehead atoms. The molecule has 2 aromatic rings. The molecule has 22 heavy (non-hydrogen) atoms. The third-order valence-corrected chi connectivity index (χ3v) is 3.75. The van der Waals surface area contributed by atoms with Crippen LogP contribution < -0.4 is 0 Å². The lowest BCUT2D eigenvalue weighted by Gasteiger charge is -2.08. The third kappa shape index (κ3) is 4.43. The third-order valence-electron chi connectivity index (χ3n) is 2.79. The van der Waals surface area contributed by atoms with Crippen LogP contribution in [0, 0.1) is 0 Å². The molecule has 0 spiro atoms. The van der Waals surface area contributed by atoms with Gasteiger partial charge in [0.1, 0.15) is 5.69 Å². The van der Waals surface area contributed by atoms with Gasteiger partial charge in [0.25, 0.3) is 0 Å². The first-order chi connectivity index (χ1) is 10.4. The molecule has 2 rings (SSSR count). The van der Waals surface area contributed by atoms with Crippen LogP contribution in [-0.2, 0) is 12.6 Å². The van der Waals surface area contributed by atoms with E-state index in [-0.39, 0.29) is 10.4 Å². The van der Waals surface area contributed by atoms with E-state index in [0.717, 1.165) is 43.3 Å². The highest BCUT2D eigenvalue weighted by Crippen LogP contribution is 2.34. The SMILES string of the molecule is CCCCc1noc(C(C)Sc2nccc(C(F)(F)F)n2)n1. The van der Waals surface area contributed by atoms with Crippen molar-refractivity contribution in [2.45, 2.75) is 49.7 Å². The Bertz CT molecular complexity index is 617. The van der Waals surface area contributed by atoms with Crippen molar-refractivity contribution in [2.24, 2.45) is 0 Å². The Morgan fingerprint density at radius 2 is 2.09 bits per heavy atom. The number of rotatable bonds is 6. The number of hydrogen-bond acceptors (Lipinski definition) is 6. The molecule has 0 aromatic carbocycles. The summed E-state index contributed by atoms with van der Waals surface area (Å²) >= 11 is 1.05. The molecule has 5 nitrogen and oxygen atoms in total. The van der Waals surface area contributed by atoms with Gasteiger partial charge in [0.2, 0.25) is 5.89 Å². The molecule has 9 heteroatoms. The zero-order valence-corrected chi connectivity index (χ0v) is 12.9. The summed E-state index contributed by atoms with van der Waals surface area (Å²) in [5.74, 6) is 0.964. The van der Waals surface area contributed by atoms with Crippen LogP contribution in [0.5, 0.6) is 0 Å². The number of aromatic nitrogens is 4. The minimum atomic E-state index is -4.49. The summed E-state index contributed by atoms with van der Waals surface area (Å²) in [6.45, 7) is 3.82. The maximum Gasteiger partial charge on any atom is 0.433 e. The highest BCUT2D eigenvalue weighted by Gasteiger charge is 2.33. The predicted molar refractivity (Wildman–Crippen MR) is 74.2 cm³/mol. The summed E-state index contributed by atoms with van der Waals surface area (Å²) in [6.07, 6.45) is -0.703. The van der Waals surface area contributed by atoms with Gasteiger partial charge in [-0.25, -0.2) is 9.97 Å². The van der Waals surface area contributed by atoms with Gasteiger partial charge in [-0.3, -0.25) is 0 Å². The van der Waals surface area contributed by atoms with E-state index in [1.807, 2.05) is 0 Å². The highest BCUT2D eigenvalue weighted by molar-refractivity contribution is 7.99. The number of hydrogen-bond donors (Lipinski definition) is 0. The number of aryl methyl sites for hydroxylation is 1. The molecule has 0 aliphatic rings. The van der Waals surface area contributed by atoms with E-state index < -0.39 is 11.9 Å². The van der Waals surface area contributed by atoms with Crippen molar-refractivity contribution >= 4 is 11.8 Å². The molecular weight excluding hydrogens is 317 g/mol. The lowest BCUT2D eigenvalue weighted by atomic mass is 10.2. The van der Waals surface area contributed by atoms with Crippen molar-refractivity contribution in [2.75, 3.05) is 0 Å². The molecule has 0 N–H and O–H groups in total. The van der Waals surface area contributed by atoms with Crippen molar-refractivity contribution in [3.8, 4) is 0 Å². The van der Waals surface area contributed by atoms with Crippen LogP contribution in [0.1, 0.15) is 49.3 Å². The standard InChI is InChI=1S/C13H15F3N4OS/c1-3-4-5-10-19-11(21-20-10)8(2)22-12-17-7-6-9(18-12)13(14,15)16/h6-8H,3-5H2,1-2H3. The van der Waals surface area contributed by atoms with Crippen LogP contribution >= 0.6 is 11.8 Å². The molecule has 120 valence electrons. The fraction of sp³-hybridized carbons (Fsp3) is 0.538. The van der Waals surface area contributed by atoms with Gasteiger partial charge in [-0.2, -0.15) is 18.2 Å². The predicted octanol–water partition coefficient (Wildman–Crippen LogP) is 4.07. The molecule has 0 saturated carbocycles. The minimum absolute atomic E-state index is 0.0237. The second-order valence-corrected chi connectivity index (χ2v) is 5.94. The Balaban J connectivity index is 2.05. The monoisotopic (exact) mass is 332 g/mol. The molecule has 0 aliphatic carbocycles. The Labute approximate surface area is 129 Å². The molecular formula is C13H15F3N4OS. The Morgan fingerprint density at radius 1 is 1.32 bits per heavy atom.